The van der Waals surface area contributed by atoms with Crippen LogP contribution in [0.5, 0.6) is 0 Å². The molecule has 0 bridgehead atoms. The van der Waals surface area contributed by atoms with Gasteiger partial charge in [0.15, 0.2) is 11.5 Å². The Labute approximate surface area is 196 Å². The number of nitrogens with one attached hydrogen (secondary N) is 2. The molecule has 9 heteroatoms. The number of aromatic nitrogens is 4. The van der Waals surface area contributed by atoms with Crippen LogP contribution >= 0.6 is 0 Å². The summed E-state index contributed by atoms with van der Waals surface area (Å²) in [5.74, 6) is -0.805. The smallest absolute Gasteiger partial charge is 0.257 e. The molecule has 3 aromatic heterocycles. The van der Waals surface area contributed by atoms with E-state index < -0.39 is 5.82 Å². The Morgan fingerprint density at radius 2 is 2.00 bits per heavy atom. The Bertz CT molecular complexity index is 1400. The Morgan fingerprint density at radius 3 is 2.79 bits per heavy atom. The molecule has 4 heterocycles. The van der Waals surface area contributed by atoms with Crippen LogP contribution in [-0.4, -0.2) is 50.2 Å². The number of hydrogen-bond donors (Lipinski definition) is 2. The molecule has 1 saturated carbocycles. The maximum Gasteiger partial charge on any atom is 0.257 e. The van der Waals surface area contributed by atoms with Crippen molar-refractivity contribution in [1.82, 2.24) is 24.5 Å². The average molecular weight is 462 g/mol. The number of pyridine rings is 1. The lowest BCUT2D eigenvalue weighted by molar-refractivity contribution is 0.102. The number of fused-ring (bicyclic) bond motifs is 2. The highest BCUT2D eigenvalue weighted by Crippen LogP contribution is 2.32. The fourth-order valence-corrected chi connectivity index (χ4v) is 5.13. The van der Waals surface area contributed by atoms with Crippen molar-refractivity contribution in [2.24, 2.45) is 7.05 Å². The van der Waals surface area contributed by atoms with Gasteiger partial charge in [0.2, 0.25) is 0 Å². The number of aryl methyl sites for hydroxylation is 2. The molecule has 0 spiro atoms. The minimum atomic E-state index is -0.483. The second-order valence-electron chi connectivity index (χ2n) is 9.57. The van der Waals surface area contributed by atoms with Gasteiger partial charge in [-0.25, -0.2) is 9.37 Å². The number of benzene rings is 1. The van der Waals surface area contributed by atoms with Crippen LogP contribution in [0.3, 0.4) is 0 Å². The summed E-state index contributed by atoms with van der Waals surface area (Å²) in [4.78, 5) is 19.8. The van der Waals surface area contributed by atoms with Gasteiger partial charge in [0, 0.05) is 68.0 Å². The first-order valence-electron chi connectivity index (χ1n) is 11.9. The number of nitrogens with zero attached hydrogens (tertiary/aromatic N) is 5. The van der Waals surface area contributed by atoms with Crippen LogP contribution in [0.15, 0.2) is 36.8 Å². The van der Waals surface area contributed by atoms with E-state index in [2.05, 4.69) is 25.6 Å². The number of imidazole rings is 1. The highest BCUT2D eigenvalue weighted by atomic mass is 19.1. The van der Waals surface area contributed by atoms with Crippen LogP contribution in [0.1, 0.15) is 41.7 Å². The molecule has 176 valence electrons. The molecule has 1 saturated heterocycles. The molecule has 2 N–H and O–H groups in total. The molecule has 1 aromatic carbocycles. The normalized spacial score (nSPS) is 18.7. The molecule has 1 amide bonds. The van der Waals surface area contributed by atoms with E-state index in [1.165, 1.54) is 25.3 Å². The molecule has 1 aliphatic carbocycles. The highest BCUT2D eigenvalue weighted by molar-refractivity contribution is 6.13. The maximum atomic E-state index is 14.5. The lowest BCUT2D eigenvalue weighted by Gasteiger charge is -2.30. The molecule has 1 aliphatic heterocycles. The van der Waals surface area contributed by atoms with Crippen molar-refractivity contribution in [2.45, 2.75) is 44.7 Å². The fraction of sp³-hybridized carbons (Fsp3) is 0.400. The Balaban J connectivity index is 1.27. The van der Waals surface area contributed by atoms with Crippen molar-refractivity contribution >= 4 is 33.8 Å². The third-order valence-corrected chi connectivity index (χ3v) is 7.00. The minimum absolute atomic E-state index is 0.239. The van der Waals surface area contributed by atoms with E-state index in [0.717, 1.165) is 30.6 Å². The summed E-state index contributed by atoms with van der Waals surface area (Å²) in [7, 11) is 1.86. The van der Waals surface area contributed by atoms with Gasteiger partial charge in [0.25, 0.3) is 5.91 Å². The quantitative estimate of drug-likeness (QED) is 0.474. The third-order valence-electron chi connectivity index (χ3n) is 7.00. The van der Waals surface area contributed by atoms with Crippen LogP contribution in [0.25, 0.3) is 16.6 Å². The maximum absolute atomic E-state index is 14.5. The van der Waals surface area contributed by atoms with Gasteiger partial charge >= 0.3 is 0 Å². The van der Waals surface area contributed by atoms with Crippen molar-refractivity contribution in [3.8, 4) is 0 Å². The van der Waals surface area contributed by atoms with Gasteiger partial charge < -0.3 is 19.9 Å². The topological polar surface area (TPSA) is 79.5 Å². The van der Waals surface area contributed by atoms with Crippen LogP contribution in [0, 0.1) is 12.7 Å². The van der Waals surface area contributed by atoms with E-state index in [1.54, 1.807) is 28.4 Å². The van der Waals surface area contributed by atoms with Gasteiger partial charge in [-0.2, -0.15) is 5.10 Å². The molecule has 2 fully saturated rings. The average Bonchev–Trinajstić information content (AvgIpc) is 3.47. The number of carbonyl (C=O) groups excluding carboxylic acids is 1. The van der Waals surface area contributed by atoms with Gasteiger partial charge in [-0.1, -0.05) is 6.42 Å². The minimum Gasteiger partial charge on any atom is -0.369 e. The van der Waals surface area contributed by atoms with Crippen molar-refractivity contribution in [2.75, 3.05) is 23.3 Å². The summed E-state index contributed by atoms with van der Waals surface area (Å²) in [6, 6.07) is 6.29. The van der Waals surface area contributed by atoms with Gasteiger partial charge in [0.1, 0.15) is 5.52 Å². The summed E-state index contributed by atoms with van der Waals surface area (Å²) < 4.78 is 17.8. The van der Waals surface area contributed by atoms with E-state index >= 15 is 0 Å². The van der Waals surface area contributed by atoms with Gasteiger partial charge in [-0.05, 0) is 38.3 Å². The number of rotatable bonds is 5. The van der Waals surface area contributed by atoms with Gasteiger partial charge in [-0.15, -0.1) is 0 Å². The summed E-state index contributed by atoms with van der Waals surface area (Å²) in [5, 5.41) is 12.2. The number of anilines is 2. The number of amides is 1. The standard InChI is InChI=1S/C25H28FN7O/c1-15-11-33-13-18(10-21(26)24(33)27-15)29-25(34)19-6-7-22(20-14-31(2)30-23(19)20)32-9-8-17(12-32)28-16-4-3-5-16/h6-7,10-11,13-14,16-17,28H,3-5,8-9,12H2,1-2H3,(H,29,34). The third kappa shape index (κ3) is 3.69. The van der Waals surface area contributed by atoms with Gasteiger partial charge in [0.05, 0.1) is 16.9 Å². The first-order valence-corrected chi connectivity index (χ1v) is 11.9. The Hall–Kier alpha value is -3.46. The largest absolute Gasteiger partial charge is 0.369 e. The van der Waals surface area contributed by atoms with Crippen LogP contribution in [0.2, 0.25) is 0 Å². The molecule has 6 rings (SSSR count). The molecule has 2 aliphatic rings. The number of hydrogen-bond acceptors (Lipinski definition) is 5. The molecule has 4 aromatic rings. The zero-order valence-electron chi connectivity index (χ0n) is 19.4. The first kappa shape index (κ1) is 21.1. The lowest BCUT2D eigenvalue weighted by Crippen LogP contribution is -2.43. The predicted molar refractivity (Wildman–Crippen MR) is 130 cm³/mol. The van der Waals surface area contributed by atoms with Crippen molar-refractivity contribution in [3.05, 3.63) is 53.9 Å². The SMILES string of the molecule is Cc1cn2cc(NC(=O)c3ccc(N4CCC(NC5CCC5)C4)c4cn(C)nc34)cc(F)c2n1. The van der Waals surface area contributed by atoms with Crippen LogP contribution in [-0.2, 0) is 7.05 Å². The van der Waals surface area contributed by atoms with Gasteiger partial charge in [-0.3, -0.25) is 9.48 Å². The highest BCUT2D eigenvalue weighted by Gasteiger charge is 2.29. The summed E-state index contributed by atoms with van der Waals surface area (Å²) in [6.07, 6.45) is 10.4. The molecular weight excluding hydrogens is 433 g/mol. The molecule has 8 nitrogen and oxygen atoms in total. The number of halogens is 1. The summed E-state index contributed by atoms with van der Waals surface area (Å²) in [5.41, 5.74) is 3.52. The summed E-state index contributed by atoms with van der Waals surface area (Å²) >= 11 is 0. The first-order chi connectivity index (χ1) is 16.4. The van der Waals surface area contributed by atoms with Crippen LogP contribution in [0.4, 0.5) is 15.8 Å². The second-order valence-corrected chi connectivity index (χ2v) is 9.57. The molecule has 34 heavy (non-hydrogen) atoms. The van der Waals surface area contributed by atoms with E-state index in [9.17, 15) is 9.18 Å². The van der Waals surface area contributed by atoms with Crippen molar-refractivity contribution in [1.29, 1.82) is 0 Å². The monoisotopic (exact) mass is 461 g/mol. The predicted octanol–water partition coefficient (Wildman–Crippen LogP) is 3.64. The zero-order chi connectivity index (χ0) is 23.4. The Morgan fingerprint density at radius 1 is 1.15 bits per heavy atom. The van der Waals surface area contributed by atoms with Crippen LogP contribution < -0.4 is 15.5 Å². The van der Waals surface area contributed by atoms with Crippen molar-refractivity contribution < 1.29 is 9.18 Å². The van der Waals surface area contributed by atoms with Crippen molar-refractivity contribution in [3.63, 3.8) is 0 Å². The molecule has 1 unspecified atom stereocenters. The molecule has 0 radical (unpaired) electrons. The lowest BCUT2D eigenvalue weighted by atomic mass is 9.92. The van der Waals surface area contributed by atoms with E-state index in [-0.39, 0.29) is 11.6 Å². The second kappa shape index (κ2) is 8.09. The number of carbonyl (C=O) groups is 1. The molecular formula is C25H28FN7O. The fourth-order valence-electron chi connectivity index (χ4n) is 5.13. The molecule has 1 atom stereocenters. The van der Waals surface area contributed by atoms with E-state index in [0.29, 0.717) is 34.5 Å². The zero-order valence-corrected chi connectivity index (χ0v) is 19.4. The summed E-state index contributed by atoms with van der Waals surface area (Å²) in [6.45, 7) is 3.73. The van der Waals surface area contributed by atoms with E-state index in [4.69, 9.17) is 0 Å². The Kier molecular flexibility index (Phi) is 5.02. The van der Waals surface area contributed by atoms with E-state index in [1.807, 2.05) is 25.4 Å².